The van der Waals surface area contributed by atoms with Crippen molar-refractivity contribution < 1.29 is 4.79 Å². The van der Waals surface area contributed by atoms with Crippen molar-refractivity contribution in [1.82, 2.24) is 9.88 Å². The van der Waals surface area contributed by atoms with Gasteiger partial charge >= 0.3 is 0 Å². The number of carbonyl (C=O) groups excluding carboxylic acids is 1. The SMILES string of the molecule is CC(C)Cc1nc(C(=O)N2CC(CN)CC2C)cs1. The van der Waals surface area contributed by atoms with Gasteiger partial charge in [0.1, 0.15) is 5.69 Å². The summed E-state index contributed by atoms with van der Waals surface area (Å²) in [5.74, 6) is 1.07. The number of nitrogens with two attached hydrogens (primary N) is 1. The van der Waals surface area contributed by atoms with Gasteiger partial charge in [0.25, 0.3) is 5.91 Å². The van der Waals surface area contributed by atoms with Crippen LogP contribution in [0.5, 0.6) is 0 Å². The van der Waals surface area contributed by atoms with Gasteiger partial charge < -0.3 is 10.6 Å². The third-order valence-corrected chi connectivity index (χ3v) is 4.48. The van der Waals surface area contributed by atoms with E-state index in [9.17, 15) is 4.79 Å². The first-order valence-electron chi connectivity index (χ1n) is 6.96. The Morgan fingerprint density at radius 1 is 1.63 bits per heavy atom. The highest BCUT2D eigenvalue weighted by Gasteiger charge is 2.32. The van der Waals surface area contributed by atoms with E-state index in [1.54, 1.807) is 11.3 Å². The van der Waals surface area contributed by atoms with E-state index in [0.29, 0.717) is 24.1 Å². The number of carbonyl (C=O) groups is 1. The number of aromatic nitrogens is 1. The quantitative estimate of drug-likeness (QED) is 0.920. The first kappa shape index (κ1) is 14.5. The lowest BCUT2D eigenvalue weighted by Gasteiger charge is -2.20. The number of hydrogen-bond donors (Lipinski definition) is 1. The number of rotatable bonds is 4. The van der Waals surface area contributed by atoms with Crippen LogP contribution in [-0.4, -0.2) is 34.9 Å². The van der Waals surface area contributed by atoms with Crippen LogP contribution < -0.4 is 5.73 Å². The molecule has 0 radical (unpaired) electrons. The van der Waals surface area contributed by atoms with E-state index in [1.807, 2.05) is 10.3 Å². The van der Waals surface area contributed by atoms with Crippen LogP contribution in [0.2, 0.25) is 0 Å². The number of hydrogen-bond acceptors (Lipinski definition) is 4. The van der Waals surface area contributed by atoms with Crippen molar-refractivity contribution in [2.45, 2.75) is 39.7 Å². The third-order valence-electron chi connectivity index (χ3n) is 3.61. The zero-order chi connectivity index (χ0) is 14.0. The highest BCUT2D eigenvalue weighted by molar-refractivity contribution is 7.09. The molecule has 2 rings (SSSR count). The first-order chi connectivity index (χ1) is 9.01. The van der Waals surface area contributed by atoms with Crippen LogP contribution in [0.25, 0.3) is 0 Å². The maximum absolute atomic E-state index is 12.4. The van der Waals surface area contributed by atoms with E-state index in [0.717, 1.165) is 24.4 Å². The molecule has 106 valence electrons. The van der Waals surface area contributed by atoms with Crippen molar-refractivity contribution in [2.75, 3.05) is 13.1 Å². The second-order valence-corrected chi connectivity index (χ2v) is 6.81. The van der Waals surface area contributed by atoms with Crippen molar-refractivity contribution in [3.8, 4) is 0 Å². The van der Waals surface area contributed by atoms with E-state index in [2.05, 4.69) is 25.8 Å². The van der Waals surface area contributed by atoms with Gasteiger partial charge in [-0.3, -0.25) is 4.79 Å². The third kappa shape index (κ3) is 3.34. The Morgan fingerprint density at radius 3 is 2.95 bits per heavy atom. The Bertz CT molecular complexity index is 444. The van der Waals surface area contributed by atoms with Crippen molar-refractivity contribution in [3.63, 3.8) is 0 Å². The Labute approximate surface area is 119 Å². The Morgan fingerprint density at radius 2 is 2.37 bits per heavy atom. The van der Waals surface area contributed by atoms with Gasteiger partial charge in [-0.25, -0.2) is 4.98 Å². The molecule has 4 nitrogen and oxygen atoms in total. The van der Waals surface area contributed by atoms with E-state index < -0.39 is 0 Å². The fourth-order valence-corrected chi connectivity index (χ4v) is 3.58. The van der Waals surface area contributed by atoms with E-state index in [-0.39, 0.29) is 11.9 Å². The van der Waals surface area contributed by atoms with Crippen molar-refractivity contribution >= 4 is 17.2 Å². The van der Waals surface area contributed by atoms with Gasteiger partial charge in [-0.1, -0.05) is 13.8 Å². The Balaban J connectivity index is 2.05. The number of amides is 1. The second-order valence-electron chi connectivity index (χ2n) is 5.87. The number of nitrogens with zero attached hydrogens (tertiary/aromatic N) is 2. The summed E-state index contributed by atoms with van der Waals surface area (Å²) in [4.78, 5) is 18.8. The molecule has 1 aromatic rings. The molecule has 5 heteroatoms. The van der Waals surface area contributed by atoms with Gasteiger partial charge in [-0.2, -0.15) is 0 Å². The molecular formula is C14H23N3OS. The van der Waals surface area contributed by atoms with Crippen LogP contribution in [0.3, 0.4) is 0 Å². The molecule has 0 bridgehead atoms. The molecule has 2 heterocycles. The molecule has 19 heavy (non-hydrogen) atoms. The molecule has 2 N–H and O–H groups in total. The van der Waals surface area contributed by atoms with E-state index in [1.165, 1.54) is 0 Å². The van der Waals surface area contributed by atoms with Crippen LogP contribution in [0.1, 0.15) is 42.7 Å². The molecule has 1 aromatic heterocycles. The Hall–Kier alpha value is -0.940. The average molecular weight is 281 g/mol. The molecule has 0 aliphatic carbocycles. The molecule has 1 aliphatic heterocycles. The monoisotopic (exact) mass is 281 g/mol. The topological polar surface area (TPSA) is 59.2 Å². The summed E-state index contributed by atoms with van der Waals surface area (Å²) in [6.07, 6.45) is 1.95. The molecule has 1 aliphatic rings. The highest BCUT2D eigenvalue weighted by atomic mass is 32.1. The molecule has 1 fully saturated rings. The molecule has 1 amide bonds. The molecule has 0 saturated carbocycles. The van der Waals surface area contributed by atoms with Crippen LogP contribution in [-0.2, 0) is 6.42 Å². The fraction of sp³-hybridized carbons (Fsp3) is 0.714. The zero-order valence-corrected chi connectivity index (χ0v) is 12.7. The summed E-state index contributed by atoms with van der Waals surface area (Å²) in [6.45, 7) is 7.85. The summed E-state index contributed by atoms with van der Waals surface area (Å²) in [5.41, 5.74) is 6.31. The maximum Gasteiger partial charge on any atom is 0.273 e. The summed E-state index contributed by atoms with van der Waals surface area (Å²) >= 11 is 1.59. The van der Waals surface area contributed by atoms with Crippen molar-refractivity contribution in [1.29, 1.82) is 0 Å². The molecule has 1 saturated heterocycles. The van der Waals surface area contributed by atoms with Crippen molar-refractivity contribution in [2.24, 2.45) is 17.6 Å². The normalized spacial score (nSPS) is 23.3. The van der Waals surface area contributed by atoms with Gasteiger partial charge in [0, 0.05) is 24.4 Å². The van der Waals surface area contributed by atoms with Crippen LogP contribution in [0, 0.1) is 11.8 Å². The van der Waals surface area contributed by atoms with E-state index >= 15 is 0 Å². The molecule has 2 atom stereocenters. The van der Waals surface area contributed by atoms with Crippen LogP contribution in [0.15, 0.2) is 5.38 Å². The minimum Gasteiger partial charge on any atom is -0.334 e. The maximum atomic E-state index is 12.4. The molecule has 0 aromatic carbocycles. The zero-order valence-electron chi connectivity index (χ0n) is 11.9. The predicted molar refractivity (Wildman–Crippen MR) is 78.3 cm³/mol. The number of likely N-dealkylation sites (tertiary alicyclic amines) is 1. The van der Waals surface area contributed by atoms with Gasteiger partial charge in [-0.05, 0) is 31.7 Å². The van der Waals surface area contributed by atoms with E-state index in [4.69, 9.17) is 5.73 Å². The minimum absolute atomic E-state index is 0.0645. The van der Waals surface area contributed by atoms with Crippen molar-refractivity contribution in [3.05, 3.63) is 16.1 Å². The standard InChI is InChI=1S/C14H23N3OS/c1-9(2)4-13-16-12(8-19-13)14(18)17-7-11(6-15)5-10(17)3/h8-11H,4-7,15H2,1-3H3. The van der Waals surface area contributed by atoms with Gasteiger partial charge in [-0.15, -0.1) is 11.3 Å². The average Bonchev–Trinajstić information content (AvgIpc) is 2.94. The summed E-state index contributed by atoms with van der Waals surface area (Å²) in [5, 5.41) is 2.95. The second kappa shape index (κ2) is 6.01. The fourth-order valence-electron chi connectivity index (χ4n) is 2.60. The lowest BCUT2D eigenvalue weighted by atomic mass is 10.1. The van der Waals surface area contributed by atoms with Gasteiger partial charge in [0.05, 0.1) is 5.01 Å². The first-order valence-corrected chi connectivity index (χ1v) is 7.84. The predicted octanol–water partition coefficient (Wildman–Crippen LogP) is 2.15. The number of thiazole rings is 1. The lowest BCUT2D eigenvalue weighted by Crippen LogP contribution is -2.34. The Kier molecular flexibility index (Phi) is 4.58. The molecule has 2 unspecified atom stereocenters. The summed E-state index contributed by atoms with van der Waals surface area (Å²) in [6, 6.07) is 0.274. The van der Waals surface area contributed by atoms with Crippen LogP contribution in [0.4, 0.5) is 0 Å². The lowest BCUT2D eigenvalue weighted by molar-refractivity contribution is 0.0738. The smallest absolute Gasteiger partial charge is 0.273 e. The minimum atomic E-state index is 0.0645. The largest absolute Gasteiger partial charge is 0.334 e. The summed E-state index contributed by atoms with van der Waals surface area (Å²) in [7, 11) is 0. The molecular weight excluding hydrogens is 258 g/mol. The van der Waals surface area contributed by atoms with Gasteiger partial charge in [0.2, 0.25) is 0 Å². The molecule has 0 spiro atoms. The van der Waals surface area contributed by atoms with Crippen LogP contribution >= 0.6 is 11.3 Å². The summed E-state index contributed by atoms with van der Waals surface area (Å²) < 4.78 is 0. The highest BCUT2D eigenvalue weighted by Crippen LogP contribution is 2.25. The van der Waals surface area contributed by atoms with Gasteiger partial charge in [0.15, 0.2) is 0 Å².